The Kier molecular flexibility index (Phi) is 6.70. The summed E-state index contributed by atoms with van der Waals surface area (Å²) < 4.78 is 7.74. The van der Waals surface area contributed by atoms with Gasteiger partial charge in [0.05, 0.1) is 24.4 Å². The first-order chi connectivity index (χ1) is 17.1. The fourth-order valence-corrected chi connectivity index (χ4v) is 5.02. The molecule has 7 heteroatoms. The lowest BCUT2D eigenvalue weighted by atomic mass is 9.96. The van der Waals surface area contributed by atoms with Crippen LogP contribution in [0.5, 0.6) is 5.75 Å². The first-order valence-corrected chi connectivity index (χ1v) is 12.8. The predicted octanol–water partition coefficient (Wildman–Crippen LogP) is 5.04. The van der Waals surface area contributed by atoms with E-state index in [-0.39, 0.29) is 5.92 Å². The maximum Gasteiger partial charge on any atom is 0.159 e. The molecule has 6 nitrogen and oxygen atoms in total. The molecule has 178 valence electrons. The van der Waals surface area contributed by atoms with Crippen LogP contribution < -0.4 is 4.74 Å². The highest BCUT2D eigenvalue weighted by Gasteiger charge is 2.28. The zero-order chi connectivity index (χ0) is 24.4. The average Bonchev–Trinajstić information content (AvgIpc) is 3.23. The second kappa shape index (κ2) is 10.1. The van der Waals surface area contributed by atoms with Gasteiger partial charge in [-0.25, -0.2) is 0 Å². The van der Waals surface area contributed by atoms with E-state index in [0.717, 1.165) is 52.0 Å². The number of thioether (sulfide) groups is 1. The lowest BCUT2D eigenvalue weighted by Crippen LogP contribution is -2.24. The Hall–Kier alpha value is -3.42. The molecule has 0 saturated carbocycles. The molecule has 1 aliphatic rings. The van der Waals surface area contributed by atoms with Gasteiger partial charge in [0.1, 0.15) is 18.1 Å². The molecule has 1 atom stereocenters. The number of rotatable bonds is 7. The number of methoxy groups -OCH3 is 1. The summed E-state index contributed by atoms with van der Waals surface area (Å²) in [5.41, 5.74) is 5.38. The Bertz CT molecular complexity index is 1360. The van der Waals surface area contributed by atoms with Gasteiger partial charge in [-0.15, -0.1) is 22.0 Å². The molecule has 5 rings (SSSR count). The van der Waals surface area contributed by atoms with Crippen molar-refractivity contribution in [2.45, 2.75) is 17.4 Å². The standard InChI is InChI=1S/C28H29N5OS/c1-32(2)18-24(20-11-8-12-21(15-20)34-3)28-31-30-26-17-29-27(19-9-6-5-7-10-19)23-16-22(35-4)13-14-25(23)33(26)28/h5-16,24H,17-18H2,1-4H3. The zero-order valence-electron chi connectivity index (χ0n) is 20.5. The Morgan fingerprint density at radius 2 is 1.83 bits per heavy atom. The molecule has 4 aromatic rings. The van der Waals surface area contributed by atoms with E-state index >= 15 is 0 Å². The van der Waals surface area contributed by atoms with Gasteiger partial charge < -0.3 is 9.64 Å². The van der Waals surface area contributed by atoms with Gasteiger partial charge in [0.25, 0.3) is 0 Å². The summed E-state index contributed by atoms with van der Waals surface area (Å²) in [5, 5.41) is 9.37. The largest absolute Gasteiger partial charge is 0.497 e. The zero-order valence-corrected chi connectivity index (χ0v) is 21.3. The summed E-state index contributed by atoms with van der Waals surface area (Å²) in [6, 6.07) is 25.2. The first kappa shape index (κ1) is 23.3. The molecule has 0 radical (unpaired) electrons. The highest BCUT2D eigenvalue weighted by Crippen LogP contribution is 2.34. The van der Waals surface area contributed by atoms with Gasteiger partial charge in [0, 0.05) is 22.6 Å². The van der Waals surface area contributed by atoms with E-state index in [1.54, 1.807) is 18.9 Å². The van der Waals surface area contributed by atoms with Crippen molar-refractivity contribution in [2.75, 3.05) is 34.0 Å². The molecule has 0 saturated heterocycles. The topological polar surface area (TPSA) is 55.5 Å². The monoisotopic (exact) mass is 483 g/mol. The van der Waals surface area contributed by atoms with Gasteiger partial charge in [-0.1, -0.05) is 42.5 Å². The molecule has 0 amide bonds. The van der Waals surface area contributed by atoms with Crippen molar-refractivity contribution in [1.82, 2.24) is 19.7 Å². The number of hydrogen-bond acceptors (Lipinski definition) is 6. The molecule has 0 aliphatic carbocycles. The molecule has 0 bridgehead atoms. The van der Waals surface area contributed by atoms with Crippen LogP contribution in [0.2, 0.25) is 0 Å². The van der Waals surface area contributed by atoms with Crippen LogP contribution in [0.3, 0.4) is 0 Å². The van der Waals surface area contributed by atoms with Gasteiger partial charge in [-0.3, -0.25) is 9.56 Å². The SMILES string of the molecule is COc1cccc(C(CN(C)C)c2nnc3n2-c2ccc(SC)cc2C(c2ccccc2)=NC3)c1. The third-order valence-electron chi connectivity index (χ3n) is 6.24. The molecule has 2 heterocycles. The molecule has 1 aliphatic heterocycles. The maximum atomic E-state index is 5.53. The molecule has 0 N–H and O–H groups in total. The van der Waals surface area contributed by atoms with E-state index in [0.29, 0.717) is 6.54 Å². The molecule has 0 fully saturated rings. The number of aliphatic imine (C=N–C) groups is 1. The smallest absolute Gasteiger partial charge is 0.159 e. The summed E-state index contributed by atoms with van der Waals surface area (Å²) in [5.74, 6) is 2.59. The van der Waals surface area contributed by atoms with Crippen molar-refractivity contribution >= 4 is 17.5 Å². The summed E-state index contributed by atoms with van der Waals surface area (Å²) >= 11 is 1.73. The number of benzene rings is 3. The number of fused-ring (bicyclic) bond motifs is 3. The van der Waals surface area contributed by atoms with Crippen molar-refractivity contribution in [2.24, 2.45) is 4.99 Å². The average molecular weight is 484 g/mol. The number of ether oxygens (including phenoxy) is 1. The summed E-state index contributed by atoms with van der Waals surface area (Å²) in [6.45, 7) is 1.25. The lowest BCUT2D eigenvalue weighted by molar-refractivity contribution is 0.382. The highest BCUT2D eigenvalue weighted by molar-refractivity contribution is 7.98. The van der Waals surface area contributed by atoms with Gasteiger partial charge in [-0.2, -0.15) is 0 Å². The van der Waals surface area contributed by atoms with Crippen molar-refractivity contribution < 1.29 is 4.74 Å². The van der Waals surface area contributed by atoms with Crippen LogP contribution in [0.15, 0.2) is 82.7 Å². The van der Waals surface area contributed by atoms with Crippen LogP contribution in [-0.2, 0) is 6.54 Å². The Morgan fingerprint density at radius 3 is 2.57 bits per heavy atom. The van der Waals surface area contributed by atoms with Crippen LogP contribution in [0.4, 0.5) is 0 Å². The van der Waals surface area contributed by atoms with Gasteiger partial charge >= 0.3 is 0 Å². The van der Waals surface area contributed by atoms with Crippen LogP contribution in [0, 0.1) is 0 Å². The maximum absolute atomic E-state index is 5.53. The van der Waals surface area contributed by atoms with Crippen molar-refractivity contribution in [1.29, 1.82) is 0 Å². The fourth-order valence-electron chi connectivity index (χ4n) is 4.59. The van der Waals surface area contributed by atoms with Crippen LogP contribution in [-0.4, -0.2) is 59.4 Å². The Balaban J connectivity index is 1.71. The predicted molar refractivity (Wildman–Crippen MR) is 142 cm³/mol. The third kappa shape index (κ3) is 4.61. The van der Waals surface area contributed by atoms with E-state index in [4.69, 9.17) is 14.8 Å². The summed E-state index contributed by atoms with van der Waals surface area (Å²) in [4.78, 5) is 8.42. The number of aromatic nitrogens is 3. The van der Waals surface area contributed by atoms with Gasteiger partial charge in [-0.05, 0) is 56.2 Å². The molecular formula is C28H29N5OS. The first-order valence-electron chi connectivity index (χ1n) is 11.6. The van der Waals surface area contributed by atoms with E-state index in [2.05, 4.69) is 89.5 Å². The Labute approximate surface area is 210 Å². The molecule has 0 spiro atoms. The molecule has 35 heavy (non-hydrogen) atoms. The third-order valence-corrected chi connectivity index (χ3v) is 6.96. The minimum atomic E-state index is 0.00713. The Morgan fingerprint density at radius 1 is 1.00 bits per heavy atom. The number of nitrogens with zero attached hydrogens (tertiary/aromatic N) is 5. The number of likely N-dealkylation sites (N-methyl/N-ethyl adjacent to an activating group) is 1. The minimum Gasteiger partial charge on any atom is -0.497 e. The summed E-state index contributed by atoms with van der Waals surface area (Å²) in [7, 11) is 5.87. The van der Waals surface area contributed by atoms with Gasteiger partial charge in [0.15, 0.2) is 5.82 Å². The lowest BCUT2D eigenvalue weighted by Gasteiger charge is -2.23. The molecule has 1 unspecified atom stereocenters. The van der Waals surface area contributed by atoms with E-state index in [9.17, 15) is 0 Å². The van der Waals surface area contributed by atoms with E-state index < -0.39 is 0 Å². The second-order valence-corrected chi connectivity index (χ2v) is 9.69. The van der Waals surface area contributed by atoms with E-state index in [1.165, 1.54) is 4.90 Å². The fraction of sp³-hybridized carbons (Fsp3) is 0.250. The highest BCUT2D eigenvalue weighted by atomic mass is 32.2. The van der Waals surface area contributed by atoms with Crippen LogP contribution >= 0.6 is 11.8 Å². The van der Waals surface area contributed by atoms with Crippen LogP contribution in [0.25, 0.3) is 5.69 Å². The molecular weight excluding hydrogens is 454 g/mol. The molecule has 3 aromatic carbocycles. The van der Waals surface area contributed by atoms with Crippen molar-refractivity contribution in [3.05, 3.63) is 101 Å². The normalized spacial score (nSPS) is 13.6. The van der Waals surface area contributed by atoms with Crippen LogP contribution in [0.1, 0.15) is 34.3 Å². The van der Waals surface area contributed by atoms with E-state index in [1.807, 2.05) is 18.2 Å². The van der Waals surface area contributed by atoms with Gasteiger partial charge in [0.2, 0.25) is 0 Å². The quantitative estimate of drug-likeness (QED) is 0.345. The minimum absolute atomic E-state index is 0.00713. The van der Waals surface area contributed by atoms with Crippen molar-refractivity contribution in [3.8, 4) is 11.4 Å². The molecule has 1 aromatic heterocycles. The second-order valence-electron chi connectivity index (χ2n) is 8.82. The van der Waals surface area contributed by atoms with Crippen molar-refractivity contribution in [3.63, 3.8) is 0 Å². The number of hydrogen-bond donors (Lipinski definition) is 0. The summed E-state index contributed by atoms with van der Waals surface area (Å²) in [6.07, 6.45) is 2.10.